The first-order valence-electron chi connectivity index (χ1n) is 10.4. The number of hydrogen-bond acceptors (Lipinski definition) is 4. The van der Waals surface area contributed by atoms with E-state index in [1.54, 1.807) is 25.1 Å². The van der Waals surface area contributed by atoms with Crippen molar-refractivity contribution in [1.82, 2.24) is 5.32 Å². The van der Waals surface area contributed by atoms with Gasteiger partial charge in [0.1, 0.15) is 12.4 Å². The maximum atomic E-state index is 12.3. The summed E-state index contributed by atoms with van der Waals surface area (Å²) in [6.07, 6.45) is 1.74. The zero-order valence-corrected chi connectivity index (χ0v) is 19.7. The van der Waals surface area contributed by atoms with Gasteiger partial charge in [-0.25, -0.2) is 8.42 Å². The Kier molecular flexibility index (Phi) is 7.99. The normalized spacial score (nSPS) is 11.3. The van der Waals surface area contributed by atoms with Crippen LogP contribution in [0.2, 0.25) is 5.02 Å². The second kappa shape index (κ2) is 10.7. The number of amides is 1. The molecule has 1 N–H and O–H groups in total. The molecule has 1 amide bonds. The number of benzene rings is 3. The van der Waals surface area contributed by atoms with E-state index in [0.717, 1.165) is 22.8 Å². The van der Waals surface area contributed by atoms with Gasteiger partial charge in [-0.3, -0.25) is 9.10 Å². The van der Waals surface area contributed by atoms with Gasteiger partial charge < -0.3 is 10.1 Å². The van der Waals surface area contributed by atoms with Crippen LogP contribution in [0.3, 0.4) is 0 Å². The van der Waals surface area contributed by atoms with Crippen LogP contribution in [0.5, 0.6) is 5.75 Å². The number of sulfonamides is 1. The molecule has 0 atom stereocenters. The van der Waals surface area contributed by atoms with Crippen LogP contribution < -0.4 is 14.4 Å². The van der Waals surface area contributed by atoms with E-state index in [9.17, 15) is 13.2 Å². The second-order valence-corrected chi connectivity index (χ2v) is 9.81. The van der Waals surface area contributed by atoms with Gasteiger partial charge in [-0.15, -0.1) is 0 Å². The van der Waals surface area contributed by atoms with Gasteiger partial charge in [-0.05, 0) is 42.5 Å². The third-order valence-electron chi connectivity index (χ3n) is 5.10. The molecule has 170 valence electrons. The maximum Gasteiger partial charge on any atom is 0.232 e. The minimum absolute atomic E-state index is 0.150. The number of anilines is 1. The van der Waals surface area contributed by atoms with Crippen LogP contribution >= 0.6 is 11.6 Å². The Morgan fingerprint density at radius 1 is 1.06 bits per heavy atom. The first kappa shape index (κ1) is 23.9. The fraction of sp³-hybridized carbons (Fsp3) is 0.292. The number of rotatable bonds is 10. The Morgan fingerprint density at radius 3 is 2.56 bits per heavy atom. The molecule has 0 aromatic heterocycles. The molecule has 0 bridgehead atoms. The van der Waals surface area contributed by atoms with Gasteiger partial charge in [-0.1, -0.05) is 54.1 Å². The topological polar surface area (TPSA) is 75.7 Å². The molecule has 0 radical (unpaired) electrons. The zero-order chi connectivity index (χ0) is 23.1. The van der Waals surface area contributed by atoms with Crippen LogP contribution in [-0.4, -0.2) is 40.3 Å². The van der Waals surface area contributed by atoms with E-state index in [1.807, 2.05) is 42.5 Å². The largest absolute Gasteiger partial charge is 0.491 e. The van der Waals surface area contributed by atoms with Crippen molar-refractivity contribution in [3.63, 3.8) is 0 Å². The summed E-state index contributed by atoms with van der Waals surface area (Å²) < 4.78 is 31.7. The molecule has 8 heteroatoms. The Hall–Kier alpha value is -2.77. The summed E-state index contributed by atoms with van der Waals surface area (Å²) in [7, 11) is -3.50. The summed E-state index contributed by atoms with van der Waals surface area (Å²) >= 11 is 6.14. The van der Waals surface area contributed by atoms with Gasteiger partial charge in [0.15, 0.2) is 0 Å². The highest BCUT2D eigenvalue weighted by molar-refractivity contribution is 7.92. The van der Waals surface area contributed by atoms with Crippen LogP contribution in [0.4, 0.5) is 5.69 Å². The molecule has 0 spiro atoms. The van der Waals surface area contributed by atoms with Gasteiger partial charge in [-0.2, -0.15) is 0 Å². The Bertz CT molecular complexity index is 1190. The summed E-state index contributed by atoms with van der Waals surface area (Å²) in [6.45, 7) is 2.68. The second-order valence-electron chi connectivity index (χ2n) is 7.50. The molecule has 3 aromatic rings. The summed E-state index contributed by atoms with van der Waals surface area (Å²) in [4.78, 5) is 12.2. The minimum atomic E-state index is -3.50. The molecule has 0 aliphatic rings. The van der Waals surface area contributed by atoms with E-state index < -0.39 is 10.0 Å². The number of nitrogens with one attached hydrogen (secondary N) is 1. The zero-order valence-electron chi connectivity index (χ0n) is 18.2. The van der Waals surface area contributed by atoms with Crippen LogP contribution in [-0.2, 0) is 14.8 Å². The van der Waals surface area contributed by atoms with Crippen molar-refractivity contribution in [3.8, 4) is 5.75 Å². The minimum Gasteiger partial charge on any atom is -0.491 e. The van der Waals surface area contributed by atoms with E-state index in [-0.39, 0.29) is 18.9 Å². The Labute approximate surface area is 194 Å². The highest BCUT2D eigenvalue weighted by Gasteiger charge is 2.20. The third kappa shape index (κ3) is 6.14. The Morgan fingerprint density at radius 2 is 1.78 bits per heavy atom. The number of hydrogen-bond donors (Lipinski definition) is 1. The quantitative estimate of drug-likeness (QED) is 0.437. The van der Waals surface area contributed by atoms with E-state index in [1.165, 1.54) is 4.31 Å². The molecule has 3 rings (SSSR count). The highest BCUT2D eigenvalue weighted by Crippen LogP contribution is 2.28. The summed E-state index contributed by atoms with van der Waals surface area (Å²) in [5.41, 5.74) is 1.22. The van der Waals surface area contributed by atoms with Crippen LogP contribution in [0.15, 0.2) is 60.7 Å². The third-order valence-corrected chi connectivity index (χ3v) is 6.69. The van der Waals surface area contributed by atoms with Crippen molar-refractivity contribution in [3.05, 3.63) is 71.2 Å². The van der Waals surface area contributed by atoms with Crippen molar-refractivity contribution in [1.29, 1.82) is 0 Å². The SMILES string of the molecule is Cc1c(Cl)cccc1N(CCCC(=O)NCCOc1cccc2ccccc12)S(C)(=O)=O. The molecular weight excluding hydrogens is 448 g/mol. The molecule has 0 aliphatic carbocycles. The van der Waals surface area contributed by atoms with Gasteiger partial charge in [0, 0.05) is 23.4 Å². The fourth-order valence-corrected chi connectivity index (χ4v) is 4.66. The maximum absolute atomic E-state index is 12.3. The van der Waals surface area contributed by atoms with Gasteiger partial charge in [0.25, 0.3) is 0 Å². The average Bonchev–Trinajstić information content (AvgIpc) is 2.76. The smallest absolute Gasteiger partial charge is 0.232 e. The molecule has 0 saturated carbocycles. The van der Waals surface area contributed by atoms with Crippen LogP contribution in [0, 0.1) is 6.92 Å². The van der Waals surface area contributed by atoms with Gasteiger partial charge in [0.05, 0.1) is 18.5 Å². The first-order chi connectivity index (χ1) is 15.3. The molecule has 0 aliphatic heterocycles. The lowest BCUT2D eigenvalue weighted by atomic mass is 10.1. The van der Waals surface area contributed by atoms with Gasteiger partial charge >= 0.3 is 0 Å². The molecule has 0 heterocycles. The van der Waals surface area contributed by atoms with Crippen molar-refractivity contribution < 1.29 is 17.9 Å². The van der Waals surface area contributed by atoms with Crippen LogP contribution in [0.1, 0.15) is 18.4 Å². The Balaban J connectivity index is 1.47. The van der Waals surface area contributed by atoms with Crippen molar-refractivity contribution >= 4 is 44.0 Å². The predicted octanol–water partition coefficient (Wildman–Crippen LogP) is 4.54. The number of ether oxygens (including phenoxy) is 1. The molecule has 0 unspecified atom stereocenters. The molecule has 0 saturated heterocycles. The highest BCUT2D eigenvalue weighted by atomic mass is 35.5. The monoisotopic (exact) mass is 474 g/mol. The number of fused-ring (bicyclic) bond motifs is 1. The fourth-order valence-electron chi connectivity index (χ4n) is 3.48. The standard InChI is InChI=1S/C24H27ClN2O4S/c1-18-21(25)11-6-12-22(18)27(32(2,29)30)16-7-14-24(28)26-15-17-31-23-13-5-9-19-8-3-4-10-20(19)23/h3-6,8-13H,7,14-17H2,1-2H3,(H,26,28). The number of carbonyl (C=O) groups excluding carboxylic acids is 1. The van der Waals surface area contributed by atoms with E-state index >= 15 is 0 Å². The molecule has 6 nitrogen and oxygen atoms in total. The summed E-state index contributed by atoms with van der Waals surface area (Å²) in [5, 5.41) is 5.44. The number of carbonyl (C=O) groups is 1. The number of nitrogens with zero attached hydrogens (tertiary/aromatic N) is 1. The molecular formula is C24H27ClN2O4S. The lowest BCUT2D eigenvalue weighted by Gasteiger charge is -2.24. The van der Waals surface area contributed by atoms with Crippen LogP contribution in [0.25, 0.3) is 10.8 Å². The van der Waals surface area contributed by atoms with Crippen molar-refractivity contribution in [2.75, 3.05) is 30.3 Å². The van der Waals surface area contributed by atoms with Crippen molar-refractivity contribution in [2.45, 2.75) is 19.8 Å². The predicted molar refractivity (Wildman–Crippen MR) is 130 cm³/mol. The van der Waals surface area contributed by atoms with Gasteiger partial charge in [0.2, 0.25) is 15.9 Å². The number of halogens is 1. The van der Waals surface area contributed by atoms with Crippen molar-refractivity contribution in [2.24, 2.45) is 0 Å². The first-order valence-corrected chi connectivity index (χ1v) is 12.6. The van der Waals surface area contributed by atoms with E-state index in [2.05, 4.69) is 5.32 Å². The molecule has 0 fully saturated rings. The molecule has 3 aromatic carbocycles. The van der Waals surface area contributed by atoms with E-state index in [4.69, 9.17) is 16.3 Å². The lowest BCUT2D eigenvalue weighted by Crippen LogP contribution is -2.33. The lowest BCUT2D eigenvalue weighted by molar-refractivity contribution is -0.121. The summed E-state index contributed by atoms with van der Waals surface area (Å²) in [5.74, 6) is 0.626. The molecule has 32 heavy (non-hydrogen) atoms. The van der Waals surface area contributed by atoms with E-state index in [0.29, 0.717) is 35.8 Å². The average molecular weight is 475 g/mol. The summed E-state index contributed by atoms with van der Waals surface area (Å²) in [6, 6.07) is 19.0.